The van der Waals surface area contributed by atoms with Crippen molar-refractivity contribution in [2.45, 2.75) is 0 Å². The van der Waals surface area contributed by atoms with Gasteiger partial charge in [0.25, 0.3) is 0 Å². The van der Waals surface area contributed by atoms with Crippen LogP contribution in [0.2, 0.25) is 0 Å². The minimum Gasteiger partial charge on any atom is -0.211 e. The fourth-order valence-corrected chi connectivity index (χ4v) is 2.16. The van der Waals surface area contributed by atoms with E-state index in [0.717, 1.165) is 0 Å². The molecule has 0 amide bonds. The molecule has 0 radical (unpaired) electrons. The molecule has 56 valence electrons. The molecule has 1 saturated carbocycles. The van der Waals surface area contributed by atoms with E-state index < -0.39 is 0 Å². The predicted octanol–water partition coefficient (Wildman–Crippen LogP) is 2.46. The Morgan fingerprint density at radius 2 is 1.55 bits per heavy atom. The smallest absolute Gasteiger partial charge is 0.107 e. The molecule has 0 saturated heterocycles. The first-order valence-electron chi connectivity index (χ1n) is 4.10. The van der Waals surface area contributed by atoms with E-state index in [4.69, 9.17) is 0 Å². The van der Waals surface area contributed by atoms with Crippen LogP contribution < -0.4 is 0 Å². The lowest BCUT2D eigenvalue weighted by Crippen LogP contribution is -1.89. The Bertz CT molecular complexity index is 265. The molecular formula is C10H9F. The number of halogens is 1. The lowest BCUT2D eigenvalue weighted by Gasteiger charge is -1.99. The fourth-order valence-electron chi connectivity index (χ4n) is 2.16. The number of hydrogen-bond donors (Lipinski definition) is 0. The van der Waals surface area contributed by atoms with E-state index in [-0.39, 0.29) is 11.7 Å². The first kappa shape index (κ1) is 5.76. The average Bonchev–Trinajstić information content (AvgIpc) is 2.65. The van der Waals surface area contributed by atoms with E-state index in [1.165, 1.54) is 0 Å². The molecule has 11 heavy (non-hydrogen) atoms. The molecule has 0 aliphatic heterocycles. The maximum atomic E-state index is 13.2. The third-order valence-corrected chi connectivity index (χ3v) is 2.94. The minimum absolute atomic E-state index is 0.0463. The summed E-state index contributed by atoms with van der Waals surface area (Å²) >= 11 is 0. The molecule has 0 aromatic heterocycles. The van der Waals surface area contributed by atoms with E-state index in [2.05, 4.69) is 12.2 Å². The highest BCUT2D eigenvalue weighted by Crippen LogP contribution is 2.54. The minimum atomic E-state index is -0.0463. The van der Waals surface area contributed by atoms with Crippen LogP contribution >= 0.6 is 0 Å². The third-order valence-electron chi connectivity index (χ3n) is 2.94. The van der Waals surface area contributed by atoms with Crippen molar-refractivity contribution in [1.82, 2.24) is 0 Å². The second-order valence-electron chi connectivity index (χ2n) is 3.58. The normalized spacial score (nSPS) is 50.1. The molecule has 0 aromatic carbocycles. The summed E-state index contributed by atoms with van der Waals surface area (Å²) < 4.78 is 13.2. The van der Waals surface area contributed by atoms with Gasteiger partial charge in [-0.1, -0.05) is 24.3 Å². The summed E-state index contributed by atoms with van der Waals surface area (Å²) in [6.45, 7) is 0. The number of rotatable bonds is 0. The highest BCUT2D eigenvalue weighted by Gasteiger charge is 2.48. The van der Waals surface area contributed by atoms with Gasteiger partial charge in [-0.25, -0.2) is 4.39 Å². The van der Waals surface area contributed by atoms with E-state index in [0.29, 0.717) is 17.8 Å². The highest BCUT2D eigenvalue weighted by molar-refractivity contribution is 5.34. The molecule has 1 fully saturated rings. The van der Waals surface area contributed by atoms with Crippen LogP contribution in [0, 0.1) is 23.7 Å². The summed E-state index contributed by atoms with van der Waals surface area (Å²) in [4.78, 5) is 0. The van der Waals surface area contributed by atoms with Gasteiger partial charge in [-0.3, -0.25) is 0 Å². The quantitative estimate of drug-likeness (QED) is 0.463. The zero-order valence-electron chi connectivity index (χ0n) is 6.07. The molecule has 4 bridgehead atoms. The Balaban J connectivity index is 2.17. The molecule has 0 nitrogen and oxygen atoms in total. The van der Waals surface area contributed by atoms with Crippen molar-refractivity contribution in [3.05, 3.63) is 36.2 Å². The van der Waals surface area contributed by atoms with Crippen LogP contribution in [0.5, 0.6) is 0 Å². The predicted molar refractivity (Wildman–Crippen MR) is 41.4 cm³/mol. The summed E-state index contributed by atoms with van der Waals surface area (Å²) in [7, 11) is 0. The summed E-state index contributed by atoms with van der Waals surface area (Å²) in [6, 6.07) is 0. The molecule has 2 unspecified atom stereocenters. The van der Waals surface area contributed by atoms with Crippen LogP contribution in [-0.2, 0) is 0 Å². The van der Waals surface area contributed by atoms with Crippen molar-refractivity contribution in [3.8, 4) is 0 Å². The lowest BCUT2D eigenvalue weighted by molar-refractivity contribution is 0.569. The number of hydrogen-bond acceptors (Lipinski definition) is 0. The van der Waals surface area contributed by atoms with Gasteiger partial charge in [-0.2, -0.15) is 0 Å². The van der Waals surface area contributed by atoms with Crippen LogP contribution in [0.15, 0.2) is 36.2 Å². The lowest BCUT2D eigenvalue weighted by atomic mass is 10.1. The van der Waals surface area contributed by atoms with Gasteiger partial charge in [0.15, 0.2) is 0 Å². The van der Waals surface area contributed by atoms with Crippen molar-refractivity contribution < 1.29 is 4.39 Å². The van der Waals surface area contributed by atoms with Gasteiger partial charge in [0, 0.05) is 5.92 Å². The molecule has 0 N–H and O–H groups in total. The second-order valence-corrected chi connectivity index (χ2v) is 3.58. The Morgan fingerprint density at radius 3 is 2.18 bits per heavy atom. The van der Waals surface area contributed by atoms with E-state index in [1.807, 2.05) is 12.2 Å². The molecule has 1 heteroatoms. The van der Waals surface area contributed by atoms with Crippen LogP contribution in [0.25, 0.3) is 0 Å². The standard InChI is InChI=1S/C10H9F/c11-10-5-9-7-3-1-6(10)2-4-8(7)9/h1-9H. The van der Waals surface area contributed by atoms with E-state index in [9.17, 15) is 4.39 Å². The van der Waals surface area contributed by atoms with Gasteiger partial charge in [-0.15, -0.1) is 0 Å². The largest absolute Gasteiger partial charge is 0.211 e. The summed E-state index contributed by atoms with van der Waals surface area (Å²) in [5.41, 5.74) is 0. The zero-order valence-corrected chi connectivity index (χ0v) is 6.07. The Labute approximate surface area is 65.1 Å². The average molecular weight is 148 g/mol. The fraction of sp³-hybridized carbons (Fsp3) is 0.400. The summed E-state index contributed by atoms with van der Waals surface area (Å²) in [5, 5.41) is 0. The molecule has 4 aliphatic rings. The van der Waals surface area contributed by atoms with E-state index in [1.54, 1.807) is 6.08 Å². The molecular weight excluding hydrogens is 139 g/mol. The molecule has 0 spiro atoms. The van der Waals surface area contributed by atoms with Gasteiger partial charge in [0.1, 0.15) is 5.83 Å². The van der Waals surface area contributed by atoms with Crippen LogP contribution in [0.3, 0.4) is 0 Å². The Morgan fingerprint density at radius 1 is 0.909 bits per heavy atom. The molecule has 4 rings (SSSR count). The topological polar surface area (TPSA) is 0 Å². The van der Waals surface area contributed by atoms with Gasteiger partial charge in [0.05, 0.1) is 0 Å². The molecule has 4 aliphatic carbocycles. The van der Waals surface area contributed by atoms with E-state index >= 15 is 0 Å². The summed E-state index contributed by atoms with van der Waals surface area (Å²) in [5.74, 6) is 1.71. The third kappa shape index (κ3) is 0.635. The maximum absolute atomic E-state index is 13.2. The van der Waals surface area contributed by atoms with Gasteiger partial charge >= 0.3 is 0 Å². The van der Waals surface area contributed by atoms with Crippen LogP contribution in [0.1, 0.15) is 0 Å². The monoisotopic (exact) mass is 148 g/mol. The van der Waals surface area contributed by atoms with Crippen LogP contribution in [0.4, 0.5) is 4.39 Å². The SMILES string of the molecule is FC1=CC2C3C=CC1C=CC32. The second kappa shape index (κ2) is 1.66. The van der Waals surface area contributed by atoms with Crippen molar-refractivity contribution in [1.29, 1.82) is 0 Å². The van der Waals surface area contributed by atoms with Crippen molar-refractivity contribution in [2.24, 2.45) is 23.7 Å². The number of allylic oxidation sites excluding steroid dienone is 6. The van der Waals surface area contributed by atoms with Crippen molar-refractivity contribution in [3.63, 3.8) is 0 Å². The molecule has 2 atom stereocenters. The van der Waals surface area contributed by atoms with Gasteiger partial charge in [-0.05, 0) is 23.8 Å². The first-order chi connectivity index (χ1) is 5.36. The van der Waals surface area contributed by atoms with Crippen LogP contribution in [-0.4, -0.2) is 0 Å². The maximum Gasteiger partial charge on any atom is 0.107 e. The highest BCUT2D eigenvalue weighted by atomic mass is 19.1. The molecule has 0 aromatic rings. The first-order valence-corrected chi connectivity index (χ1v) is 4.10. The molecule has 0 heterocycles. The van der Waals surface area contributed by atoms with Gasteiger partial charge < -0.3 is 0 Å². The van der Waals surface area contributed by atoms with Gasteiger partial charge in [0.2, 0.25) is 0 Å². The Kier molecular flexibility index (Phi) is 0.867. The zero-order chi connectivity index (χ0) is 7.42. The summed E-state index contributed by atoms with van der Waals surface area (Å²) in [6.07, 6.45) is 10.1. The van der Waals surface area contributed by atoms with Crippen molar-refractivity contribution in [2.75, 3.05) is 0 Å². The Hall–Kier alpha value is -0.850. The van der Waals surface area contributed by atoms with Crippen molar-refractivity contribution >= 4 is 0 Å².